The zero-order valence-electron chi connectivity index (χ0n) is 6.76. The maximum absolute atomic E-state index is 12.7. The van der Waals surface area contributed by atoms with E-state index in [-0.39, 0.29) is 18.6 Å². The van der Waals surface area contributed by atoms with Gasteiger partial charge in [0.25, 0.3) is 0 Å². The van der Waals surface area contributed by atoms with Crippen LogP contribution in [0, 0.1) is 11.6 Å². The lowest BCUT2D eigenvalue weighted by Gasteiger charge is -2.04. The zero-order valence-corrected chi connectivity index (χ0v) is 6.76. The Kier molecular flexibility index (Phi) is 3.16. The third-order valence-corrected chi connectivity index (χ3v) is 1.60. The average molecular weight is 189 g/mol. The first-order valence-corrected chi connectivity index (χ1v) is 3.63. The van der Waals surface area contributed by atoms with E-state index in [9.17, 15) is 8.78 Å². The van der Waals surface area contributed by atoms with Crippen LogP contribution in [0.3, 0.4) is 0 Å². The Morgan fingerprint density at radius 2 is 2.08 bits per heavy atom. The van der Waals surface area contributed by atoms with Crippen LogP contribution in [0.25, 0.3) is 0 Å². The number of phenols is 1. The molecule has 72 valence electrons. The normalized spacial score (nSPS) is 10.4. The molecule has 1 aromatic carbocycles. The highest BCUT2D eigenvalue weighted by atomic mass is 19.1. The Bertz CT molecular complexity index is 304. The van der Waals surface area contributed by atoms with Gasteiger partial charge >= 0.3 is 0 Å². The summed E-state index contributed by atoms with van der Waals surface area (Å²) in [5, 5.41) is 9.11. The van der Waals surface area contributed by atoms with Gasteiger partial charge in [0.1, 0.15) is 5.82 Å². The second kappa shape index (κ2) is 4.15. The van der Waals surface area contributed by atoms with Gasteiger partial charge in [-0.05, 0) is 6.07 Å². The van der Waals surface area contributed by atoms with Crippen molar-refractivity contribution in [2.75, 3.05) is 6.61 Å². The molecular formula is C8H9F2NO2. The molecule has 0 bridgehead atoms. The van der Waals surface area contributed by atoms with Crippen LogP contribution < -0.4 is 5.90 Å². The molecule has 0 fully saturated rings. The number of halogens is 2. The fourth-order valence-electron chi connectivity index (χ4n) is 0.979. The van der Waals surface area contributed by atoms with E-state index in [4.69, 9.17) is 11.0 Å². The summed E-state index contributed by atoms with van der Waals surface area (Å²) in [5.74, 6) is 2.46. The first-order chi connectivity index (χ1) is 6.15. The minimum atomic E-state index is -0.980. The summed E-state index contributed by atoms with van der Waals surface area (Å²) in [5.41, 5.74) is 0.142. The van der Waals surface area contributed by atoms with E-state index in [2.05, 4.69) is 4.84 Å². The van der Waals surface area contributed by atoms with Crippen LogP contribution in [0.1, 0.15) is 5.56 Å². The smallest absolute Gasteiger partial charge is 0.168 e. The van der Waals surface area contributed by atoms with E-state index < -0.39 is 17.4 Å². The molecule has 3 nitrogen and oxygen atoms in total. The van der Waals surface area contributed by atoms with Crippen LogP contribution in [-0.4, -0.2) is 11.7 Å². The first kappa shape index (κ1) is 9.88. The highest BCUT2D eigenvalue weighted by Gasteiger charge is 2.09. The van der Waals surface area contributed by atoms with Crippen molar-refractivity contribution in [3.63, 3.8) is 0 Å². The summed E-state index contributed by atoms with van der Waals surface area (Å²) in [6.07, 6.45) is 0.164. The number of aromatic hydroxyl groups is 1. The summed E-state index contributed by atoms with van der Waals surface area (Å²) in [6, 6.07) is 1.65. The van der Waals surface area contributed by atoms with E-state index in [1.807, 2.05) is 0 Å². The Morgan fingerprint density at radius 1 is 1.38 bits per heavy atom. The third kappa shape index (κ3) is 2.37. The van der Waals surface area contributed by atoms with Gasteiger partial charge in [-0.2, -0.15) is 0 Å². The van der Waals surface area contributed by atoms with Gasteiger partial charge in [-0.1, -0.05) is 0 Å². The first-order valence-electron chi connectivity index (χ1n) is 3.63. The lowest BCUT2D eigenvalue weighted by molar-refractivity contribution is 0.140. The number of benzene rings is 1. The molecule has 0 aliphatic rings. The maximum Gasteiger partial charge on any atom is 0.168 e. The molecule has 0 saturated heterocycles. The molecule has 0 amide bonds. The predicted molar refractivity (Wildman–Crippen MR) is 41.9 cm³/mol. The second-order valence-electron chi connectivity index (χ2n) is 2.52. The summed E-state index contributed by atoms with van der Waals surface area (Å²) < 4.78 is 25.3. The van der Waals surface area contributed by atoms with Crippen molar-refractivity contribution < 1.29 is 18.7 Å². The minimum Gasteiger partial charge on any atom is -0.505 e. The number of nitrogens with two attached hydrogens (primary N) is 1. The highest BCUT2D eigenvalue weighted by molar-refractivity contribution is 5.34. The Labute approximate surface area is 73.7 Å². The van der Waals surface area contributed by atoms with E-state index in [1.54, 1.807) is 0 Å². The average Bonchev–Trinajstić information content (AvgIpc) is 2.09. The Balaban J connectivity index is 2.92. The van der Waals surface area contributed by atoms with Gasteiger partial charge in [0, 0.05) is 18.1 Å². The monoisotopic (exact) mass is 189 g/mol. The standard InChI is InChI=1S/C8H9F2NO2/c9-6-3-5(1-2-13-11)8(12)7(10)4-6/h3-4,12H,1-2,11H2. The topological polar surface area (TPSA) is 55.5 Å². The van der Waals surface area contributed by atoms with E-state index >= 15 is 0 Å². The molecule has 0 heterocycles. The summed E-state index contributed by atoms with van der Waals surface area (Å²) in [7, 11) is 0. The van der Waals surface area contributed by atoms with Gasteiger partial charge in [0.15, 0.2) is 11.6 Å². The van der Waals surface area contributed by atoms with Gasteiger partial charge in [-0.15, -0.1) is 0 Å². The SMILES string of the molecule is NOCCc1cc(F)cc(F)c1O. The molecule has 13 heavy (non-hydrogen) atoms. The Morgan fingerprint density at radius 3 is 2.69 bits per heavy atom. The van der Waals surface area contributed by atoms with Crippen molar-refractivity contribution in [2.45, 2.75) is 6.42 Å². The molecule has 1 rings (SSSR count). The van der Waals surface area contributed by atoms with Gasteiger partial charge < -0.3 is 9.94 Å². The lowest BCUT2D eigenvalue weighted by Crippen LogP contribution is -2.04. The molecule has 0 aliphatic carbocycles. The molecule has 0 atom stereocenters. The van der Waals surface area contributed by atoms with Crippen LogP contribution >= 0.6 is 0 Å². The number of hydrogen-bond acceptors (Lipinski definition) is 3. The van der Waals surface area contributed by atoms with E-state index in [0.29, 0.717) is 6.07 Å². The van der Waals surface area contributed by atoms with Crippen molar-refractivity contribution in [2.24, 2.45) is 5.90 Å². The largest absolute Gasteiger partial charge is 0.505 e. The molecule has 3 N–H and O–H groups in total. The van der Waals surface area contributed by atoms with E-state index in [0.717, 1.165) is 6.07 Å². The second-order valence-corrected chi connectivity index (χ2v) is 2.52. The van der Waals surface area contributed by atoms with Crippen molar-refractivity contribution in [1.82, 2.24) is 0 Å². The van der Waals surface area contributed by atoms with Crippen LogP contribution in [-0.2, 0) is 11.3 Å². The molecule has 0 saturated carbocycles. The highest BCUT2D eigenvalue weighted by Crippen LogP contribution is 2.22. The number of phenolic OH excluding ortho intramolecular Hbond substituents is 1. The van der Waals surface area contributed by atoms with Gasteiger partial charge in [-0.3, -0.25) is 0 Å². The van der Waals surface area contributed by atoms with E-state index in [1.165, 1.54) is 0 Å². The van der Waals surface area contributed by atoms with Gasteiger partial charge in [-0.25, -0.2) is 14.7 Å². The fraction of sp³-hybridized carbons (Fsp3) is 0.250. The van der Waals surface area contributed by atoms with Crippen molar-refractivity contribution in [1.29, 1.82) is 0 Å². The van der Waals surface area contributed by atoms with Crippen molar-refractivity contribution in [3.05, 3.63) is 29.3 Å². The number of hydrogen-bond donors (Lipinski definition) is 2. The molecule has 5 heteroatoms. The maximum atomic E-state index is 12.7. The third-order valence-electron chi connectivity index (χ3n) is 1.60. The quantitative estimate of drug-likeness (QED) is 0.700. The summed E-state index contributed by atoms with van der Waals surface area (Å²) in [4.78, 5) is 4.22. The zero-order chi connectivity index (χ0) is 9.84. The molecular weight excluding hydrogens is 180 g/mol. The van der Waals surface area contributed by atoms with Crippen LogP contribution in [0.2, 0.25) is 0 Å². The Hall–Kier alpha value is -1.20. The molecule has 0 aliphatic heterocycles. The summed E-state index contributed by atoms with van der Waals surface area (Å²) in [6.45, 7) is 0.0937. The molecule has 0 unspecified atom stereocenters. The van der Waals surface area contributed by atoms with Crippen molar-refractivity contribution >= 4 is 0 Å². The van der Waals surface area contributed by atoms with Crippen molar-refractivity contribution in [3.8, 4) is 5.75 Å². The minimum absolute atomic E-state index is 0.0937. The van der Waals surface area contributed by atoms with Gasteiger partial charge in [0.2, 0.25) is 0 Å². The van der Waals surface area contributed by atoms with Crippen LogP contribution in [0.5, 0.6) is 5.75 Å². The molecule has 0 aromatic heterocycles. The fourth-order valence-corrected chi connectivity index (χ4v) is 0.979. The summed E-state index contributed by atoms with van der Waals surface area (Å²) >= 11 is 0. The lowest BCUT2D eigenvalue weighted by atomic mass is 10.1. The van der Waals surface area contributed by atoms with Crippen LogP contribution in [0.15, 0.2) is 12.1 Å². The predicted octanol–water partition coefficient (Wildman–Crippen LogP) is 1.10. The molecule has 0 spiro atoms. The number of rotatable bonds is 3. The van der Waals surface area contributed by atoms with Gasteiger partial charge in [0.05, 0.1) is 6.61 Å². The molecule has 1 aromatic rings. The van der Waals surface area contributed by atoms with Crippen LogP contribution in [0.4, 0.5) is 8.78 Å². The molecule has 0 radical (unpaired) electrons.